The van der Waals surface area contributed by atoms with E-state index in [9.17, 15) is 18.0 Å². The summed E-state index contributed by atoms with van der Waals surface area (Å²) in [7, 11) is -4.11. The van der Waals surface area contributed by atoms with E-state index in [0.717, 1.165) is 31.0 Å². The quantitative estimate of drug-likeness (QED) is 0.320. The summed E-state index contributed by atoms with van der Waals surface area (Å²) in [5.74, 6) is -0.818. The number of carbonyl (C=O) groups excluding carboxylic acids is 2. The SMILES string of the molecule is Cc1ccc(S(=O)(=O)N(CC(=O)N(Cc2cccc(Br)c2)C(C)C(=O)NC(C)(C)C)c2cc(C)cc(C)c2)cc1. The first kappa shape index (κ1) is 31.4. The second-order valence-electron chi connectivity index (χ2n) is 11.2. The van der Waals surface area contributed by atoms with Gasteiger partial charge in [0, 0.05) is 16.6 Å². The largest absolute Gasteiger partial charge is 0.350 e. The molecule has 9 heteroatoms. The second kappa shape index (κ2) is 12.6. The summed E-state index contributed by atoms with van der Waals surface area (Å²) in [6, 6.07) is 18.6. The molecular formula is C31H38BrN3O4S. The van der Waals surface area contributed by atoms with Crippen molar-refractivity contribution in [2.24, 2.45) is 0 Å². The van der Waals surface area contributed by atoms with Crippen LogP contribution in [0.25, 0.3) is 0 Å². The number of aryl methyl sites for hydroxylation is 3. The standard InChI is InChI=1S/C31H38BrN3O4S/c1-21-11-13-28(14-12-21)40(38,39)35(27-16-22(2)15-23(3)17-27)20-29(36)34(19-25-9-8-10-26(32)18-25)24(4)30(37)33-31(5,6)7/h8-18,24H,19-20H2,1-7H3,(H,33,37). The van der Waals surface area contributed by atoms with Crippen molar-refractivity contribution in [3.63, 3.8) is 0 Å². The number of benzene rings is 3. The van der Waals surface area contributed by atoms with Gasteiger partial charge in [0.2, 0.25) is 11.8 Å². The lowest BCUT2D eigenvalue weighted by atomic mass is 10.1. The Hall–Kier alpha value is -3.17. The number of halogens is 1. The van der Waals surface area contributed by atoms with Gasteiger partial charge in [-0.25, -0.2) is 8.42 Å². The van der Waals surface area contributed by atoms with Crippen LogP contribution in [0.5, 0.6) is 0 Å². The molecule has 0 aliphatic carbocycles. The summed E-state index contributed by atoms with van der Waals surface area (Å²) in [5, 5.41) is 2.94. The van der Waals surface area contributed by atoms with Crippen molar-refractivity contribution in [1.29, 1.82) is 0 Å². The highest BCUT2D eigenvalue weighted by Gasteiger charge is 2.33. The summed E-state index contributed by atoms with van der Waals surface area (Å²) in [5.41, 5.74) is 3.35. The Bertz CT molecular complexity index is 1460. The highest BCUT2D eigenvalue weighted by atomic mass is 79.9. The molecule has 1 unspecified atom stereocenters. The third kappa shape index (κ3) is 8.17. The van der Waals surface area contributed by atoms with Crippen molar-refractivity contribution in [2.45, 2.75) is 71.5 Å². The van der Waals surface area contributed by atoms with Gasteiger partial charge < -0.3 is 10.2 Å². The molecule has 0 fully saturated rings. The van der Waals surface area contributed by atoms with E-state index in [-0.39, 0.29) is 17.3 Å². The van der Waals surface area contributed by atoms with Gasteiger partial charge in [-0.05, 0) is 102 Å². The number of hydrogen-bond donors (Lipinski definition) is 1. The van der Waals surface area contributed by atoms with Gasteiger partial charge in [-0.1, -0.05) is 51.8 Å². The number of carbonyl (C=O) groups is 2. The Balaban J connectivity index is 2.07. The number of hydrogen-bond acceptors (Lipinski definition) is 4. The molecule has 0 heterocycles. The number of anilines is 1. The predicted octanol–water partition coefficient (Wildman–Crippen LogP) is 5.90. The molecule has 1 N–H and O–H groups in total. The highest BCUT2D eigenvalue weighted by Crippen LogP contribution is 2.27. The Kier molecular flexibility index (Phi) is 9.85. The summed E-state index contributed by atoms with van der Waals surface area (Å²) in [6.07, 6.45) is 0. The van der Waals surface area contributed by atoms with Gasteiger partial charge in [-0.15, -0.1) is 0 Å². The van der Waals surface area contributed by atoms with Crippen LogP contribution in [0, 0.1) is 20.8 Å². The van der Waals surface area contributed by atoms with E-state index >= 15 is 0 Å². The zero-order valence-corrected chi connectivity index (χ0v) is 26.6. The molecule has 0 saturated heterocycles. The van der Waals surface area contributed by atoms with Crippen LogP contribution in [-0.2, 0) is 26.2 Å². The van der Waals surface area contributed by atoms with E-state index < -0.39 is 34.1 Å². The monoisotopic (exact) mass is 627 g/mol. The first-order chi connectivity index (χ1) is 18.6. The van der Waals surface area contributed by atoms with Crippen molar-refractivity contribution in [3.05, 3.63) is 93.5 Å². The van der Waals surface area contributed by atoms with Crippen molar-refractivity contribution >= 4 is 43.5 Å². The van der Waals surface area contributed by atoms with Crippen LogP contribution >= 0.6 is 15.9 Å². The molecule has 0 aliphatic heterocycles. The smallest absolute Gasteiger partial charge is 0.264 e. The summed E-state index contributed by atoms with van der Waals surface area (Å²) >= 11 is 3.47. The van der Waals surface area contributed by atoms with Crippen molar-refractivity contribution in [3.8, 4) is 0 Å². The highest BCUT2D eigenvalue weighted by molar-refractivity contribution is 9.10. The summed E-state index contributed by atoms with van der Waals surface area (Å²) in [4.78, 5) is 28.8. The number of amides is 2. The van der Waals surface area contributed by atoms with Gasteiger partial charge in [0.15, 0.2) is 0 Å². The minimum atomic E-state index is -4.11. The molecular weight excluding hydrogens is 590 g/mol. The van der Waals surface area contributed by atoms with Crippen LogP contribution in [0.2, 0.25) is 0 Å². The molecule has 3 aromatic carbocycles. The Morgan fingerprint density at radius 2 is 1.50 bits per heavy atom. The summed E-state index contributed by atoms with van der Waals surface area (Å²) in [6.45, 7) is 12.6. The van der Waals surface area contributed by atoms with E-state index in [1.807, 2.05) is 71.9 Å². The molecule has 0 bridgehead atoms. The van der Waals surface area contributed by atoms with Crippen molar-refractivity contribution < 1.29 is 18.0 Å². The van der Waals surface area contributed by atoms with Gasteiger partial charge in [-0.2, -0.15) is 0 Å². The van der Waals surface area contributed by atoms with Crippen LogP contribution in [0.1, 0.15) is 49.9 Å². The molecule has 2 amide bonds. The van der Waals surface area contributed by atoms with E-state index in [1.165, 1.54) is 4.90 Å². The first-order valence-corrected chi connectivity index (χ1v) is 15.3. The molecule has 3 aromatic rings. The van der Waals surface area contributed by atoms with E-state index in [2.05, 4.69) is 21.2 Å². The lowest BCUT2D eigenvalue weighted by Crippen LogP contribution is -2.54. The van der Waals surface area contributed by atoms with E-state index in [1.54, 1.807) is 43.3 Å². The third-order valence-corrected chi connectivity index (χ3v) is 8.57. The van der Waals surface area contributed by atoms with E-state index in [4.69, 9.17) is 0 Å². The lowest BCUT2D eigenvalue weighted by molar-refractivity contribution is -0.140. The fraction of sp³-hybridized carbons (Fsp3) is 0.355. The zero-order chi connectivity index (χ0) is 29.8. The van der Waals surface area contributed by atoms with Crippen molar-refractivity contribution in [2.75, 3.05) is 10.8 Å². The number of rotatable bonds is 9. The van der Waals surface area contributed by atoms with Crippen LogP contribution in [0.3, 0.4) is 0 Å². The molecule has 0 saturated carbocycles. The Morgan fingerprint density at radius 1 is 0.900 bits per heavy atom. The number of nitrogens with zero attached hydrogens (tertiary/aromatic N) is 2. The first-order valence-electron chi connectivity index (χ1n) is 13.1. The van der Waals surface area contributed by atoms with Gasteiger partial charge in [0.05, 0.1) is 10.6 Å². The molecule has 7 nitrogen and oxygen atoms in total. The van der Waals surface area contributed by atoms with Crippen LogP contribution < -0.4 is 9.62 Å². The maximum absolute atomic E-state index is 14.1. The molecule has 0 aliphatic rings. The van der Waals surface area contributed by atoms with Gasteiger partial charge in [0.25, 0.3) is 10.0 Å². The lowest BCUT2D eigenvalue weighted by Gasteiger charge is -2.33. The molecule has 3 rings (SSSR count). The maximum atomic E-state index is 14.1. The third-order valence-electron chi connectivity index (χ3n) is 6.29. The van der Waals surface area contributed by atoms with Crippen LogP contribution in [0.15, 0.2) is 76.1 Å². The van der Waals surface area contributed by atoms with Gasteiger partial charge in [-0.3, -0.25) is 13.9 Å². The molecule has 0 aromatic heterocycles. The van der Waals surface area contributed by atoms with Crippen LogP contribution in [-0.4, -0.2) is 43.3 Å². The Labute approximate surface area is 246 Å². The molecule has 214 valence electrons. The molecule has 1 atom stereocenters. The fourth-order valence-corrected chi connectivity index (χ4v) is 6.19. The minimum absolute atomic E-state index is 0.0853. The Morgan fingerprint density at radius 3 is 2.05 bits per heavy atom. The topological polar surface area (TPSA) is 86.8 Å². The average Bonchev–Trinajstić information content (AvgIpc) is 2.84. The second-order valence-corrected chi connectivity index (χ2v) is 14.0. The average molecular weight is 629 g/mol. The van der Waals surface area contributed by atoms with Crippen LogP contribution in [0.4, 0.5) is 5.69 Å². The molecule has 0 radical (unpaired) electrons. The zero-order valence-electron chi connectivity index (χ0n) is 24.2. The molecule has 0 spiro atoms. The minimum Gasteiger partial charge on any atom is -0.350 e. The summed E-state index contributed by atoms with van der Waals surface area (Å²) < 4.78 is 30.0. The fourth-order valence-electron chi connectivity index (χ4n) is 4.35. The maximum Gasteiger partial charge on any atom is 0.264 e. The van der Waals surface area contributed by atoms with E-state index in [0.29, 0.717) is 5.69 Å². The van der Waals surface area contributed by atoms with Crippen molar-refractivity contribution in [1.82, 2.24) is 10.2 Å². The van der Waals surface area contributed by atoms with Gasteiger partial charge in [0.1, 0.15) is 12.6 Å². The normalized spacial score (nSPS) is 12.5. The number of sulfonamides is 1. The van der Waals surface area contributed by atoms with Gasteiger partial charge >= 0.3 is 0 Å². The number of nitrogens with one attached hydrogen (secondary N) is 1. The molecule has 40 heavy (non-hydrogen) atoms. The predicted molar refractivity (Wildman–Crippen MR) is 164 cm³/mol.